The molecule has 0 radical (unpaired) electrons. The fourth-order valence-corrected chi connectivity index (χ4v) is 0.843. The second kappa shape index (κ2) is 3.05. The zero-order chi connectivity index (χ0) is 12.0. The van der Waals surface area contributed by atoms with Crippen LogP contribution in [-0.4, -0.2) is 0 Å². The fourth-order valence-electron chi connectivity index (χ4n) is 0.843. The summed E-state index contributed by atoms with van der Waals surface area (Å²) in [6.07, 6.45) is -3.48. The molecule has 1 unspecified atom stereocenters. The van der Waals surface area contributed by atoms with Gasteiger partial charge in [-0.2, -0.15) is 0 Å². The lowest BCUT2D eigenvalue weighted by Gasteiger charge is -2.19. The van der Waals surface area contributed by atoms with Gasteiger partial charge in [-0.15, -0.1) is 0 Å². The third-order valence-electron chi connectivity index (χ3n) is 1.49. The van der Waals surface area contributed by atoms with E-state index in [9.17, 15) is 0 Å². The van der Waals surface area contributed by atoms with Crippen molar-refractivity contribution in [1.82, 2.24) is 0 Å². The van der Waals surface area contributed by atoms with Crippen LogP contribution in [0.15, 0.2) is 23.8 Å². The molecule has 0 amide bonds. The van der Waals surface area contributed by atoms with Crippen molar-refractivity contribution in [2.75, 3.05) is 0 Å². The highest BCUT2D eigenvalue weighted by molar-refractivity contribution is 5.09. The third kappa shape index (κ3) is 1.73. The maximum absolute atomic E-state index is 7.84. The Morgan fingerprint density at radius 1 is 2.00 bits per heavy atom. The Bertz CT molecular complexity index is 327. The van der Waals surface area contributed by atoms with Crippen LogP contribution < -0.4 is 0 Å². The minimum atomic E-state index is -1.95. The van der Waals surface area contributed by atoms with Crippen LogP contribution >= 0.6 is 0 Å². The summed E-state index contributed by atoms with van der Waals surface area (Å²) in [7, 11) is 0. The largest absolute Gasteiger partial charge is 0.0998 e. The van der Waals surface area contributed by atoms with Gasteiger partial charge in [0.05, 0.1) is 1.37 Å². The van der Waals surface area contributed by atoms with Crippen molar-refractivity contribution in [3.8, 4) is 0 Å². The van der Waals surface area contributed by atoms with Crippen molar-refractivity contribution in [3.05, 3.63) is 23.8 Å². The molecule has 0 N–H and O–H groups in total. The molecule has 1 aliphatic rings. The molecule has 0 aromatic heterocycles. The Labute approximate surface area is 70.7 Å². The first kappa shape index (κ1) is 3.25. The summed E-state index contributed by atoms with van der Waals surface area (Å²) in [4.78, 5) is 0. The van der Waals surface area contributed by atoms with Gasteiger partial charge in [-0.1, -0.05) is 23.8 Å². The highest BCUT2D eigenvalue weighted by atomic mass is 14.2. The molecule has 0 nitrogen and oxygen atoms in total. The molecule has 1 aliphatic carbocycles. The summed E-state index contributed by atoms with van der Waals surface area (Å²) in [5.41, 5.74) is 0.949. The van der Waals surface area contributed by atoms with Gasteiger partial charge in [0.15, 0.2) is 0 Å². The summed E-state index contributed by atoms with van der Waals surface area (Å²) in [5.74, 6) is -0.929. The Morgan fingerprint density at radius 2 is 2.70 bits per heavy atom. The Kier molecular flexibility index (Phi) is 0.990. The molecule has 0 saturated heterocycles. The van der Waals surface area contributed by atoms with E-state index in [1.54, 1.807) is 13.8 Å². The standard InChI is InChI=1S/C10H16/c1-8(2)10-6-4-9(3)5-7-10/h4,10H,1,5-7H2,2-3H3/i4D,6D2,7D2. The predicted molar refractivity (Wildman–Crippen MR) is 45.9 cm³/mol. The van der Waals surface area contributed by atoms with Gasteiger partial charge in [0.25, 0.3) is 0 Å². The van der Waals surface area contributed by atoms with Crippen molar-refractivity contribution in [3.63, 3.8) is 0 Å². The first-order chi connectivity index (χ1) is 6.60. The van der Waals surface area contributed by atoms with Gasteiger partial charge in [-0.3, -0.25) is 0 Å². The van der Waals surface area contributed by atoms with Crippen LogP contribution in [0, 0.1) is 5.92 Å². The minimum absolute atomic E-state index is 0.0920. The van der Waals surface area contributed by atoms with Crippen LogP contribution in [-0.2, 0) is 0 Å². The zero-order valence-electron chi connectivity index (χ0n) is 11.5. The van der Waals surface area contributed by atoms with Crippen molar-refractivity contribution in [1.29, 1.82) is 0 Å². The average Bonchev–Trinajstić information content (AvgIpc) is 1.97. The molecule has 10 heavy (non-hydrogen) atoms. The quantitative estimate of drug-likeness (QED) is 0.491. The van der Waals surface area contributed by atoms with Crippen molar-refractivity contribution < 1.29 is 6.85 Å². The lowest BCUT2D eigenvalue weighted by molar-refractivity contribution is 0.540. The number of hydrogen-bond donors (Lipinski definition) is 0. The van der Waals surface area contributed by atoms with E-state index in [1.165, 1.54) is 0 Å². The van der Waals surface area contributed by atoms with Crippen LogP contribution in [0.2, 0.25) is 0 Å². The van der Waals surface area contributed by atoms with E-state index in [0.717, 1.165) is 0 Å². The lowest BCUT2D eigenvalue weighted by Crippen LogP contribution is -2.04. The molecule has 0 saturated carbocycles. The minimum Gasteiger partial charge on any atom is -0.0998 e. The summed E-state index contributed by atoms with van der Waals surface area (Å²) in [6, 6.07) is -0.0920. The first-order valence-corrected chi connectivity index (χ1v) is 3.43. The van der Waals surface area contributed by atoms with Gasteiger partial charge in [0.2, 0.25) is 0 Å². The van der Waals surface area contributed by atoms with E-state index in [1.807, 2.05) is 0 Å². The summed E-state index contributed by atoms with van der Waals surface area (Å²) >= 11 is 0. The number of allylic oxidation sites excluding steroid dienone is 3. The number of rotatable bonds is 1. The van der Waals surface area contributed by atoms with Gasteiger partial charge < -0.3 is 0 Å². The summed E-state index contributed by atoms with van der Waals surface area (Å²) < 4.78 is 39.0. The van der Waals surface area contributed by atoms with Crippen LogP contribution in [0.25, 0.3) is 0 Å². The second-order valence-corrected chi connectivity index (χ2v) is 2.71. The molecule has 0 heteroatoms. The SMILES string of the molecule is [2H]C1=C(C)CC([2H])([2H])C(C(=C)C)C1([2H])[2H]. The highest BCUT2D eigenvalue weighted by Crippen LogP contribution is 2.27. The molecule has 1 rings (SSSR count). The molecule has 0 fully saturated rings. The molecule has 0 aromatic rings. The van der Waals surface area contributed by atoms with E-state index in [-0.39, 0.29) is 12.5 Å². The summed E-state index contributed by atoms with van der Waals surface area (Å²) in [6.45, 7) is 6.88. The van der Waals surface area contributed by atoms with E-state index in [2.05, 4.69) is 6.58 Å². The van der Waals surface area contributed by atoms with Gasteiger partial charge in [-0.05, 0) is 38.9 Å². The third-order valence-corrected chi connectivity index (χ3v) is 1.49. The molecular formula is C10H16. The zero-order valence-corrected chi connectivity index (χ0v) is 6.49. The molecule has 1 atom stereocenters. The molecule has 56 valence electrons. The molecular weight excluding hydrogens is 120 g/mol. The molecule has 0 heterocycles. The predicted octanol–water partition coefficient (Wildman–Crippen LogP) is 3.31. The van der Waals surface area contributed by atoms with E-state index < -0.39 is 18.7 Å². The normalized spacial score (nSPS) is 44.2. The average molecular weight is 141 g/mol. The maximum Gasteiger partial charge on any atom is 0.0575 e. The van der Waals surface area contributed by atoms with Gasteiger partial charge >= 0.3 is 0 Å². The Hall–Kier alpha value is -0.520. The van der Waals surface area contributed by atoms with E-state index >= 15 is 0 Å². The monoisotopic (exact) mass is 141 g/mol. The fraction of sp³-hybridized carbons (Fsp3) is 0.600. The van der Waals surface area contributed by atoms with E-state index in [0.29, 0.717) is 11.1 Å². The first-order valence-electron chi connectivity index (χ1n) is 5.93. The lowest BCUT2D eigenvalue weighted by atomic mass is 9.86. The number of hydrogen-bond acceptors (Lipinski definition) is 0. The summed E-state index contributed by atoms with van der Waals surface area (Å²) in [5, 5.41) is 0. The molecule has 0 spiro atoms. The van der Waals surface area contributed by atoms with Gasteiger partial charge in [-0.25, -0.2) is 0 Å². The maximum atomic E-state index is 7.84. The van der Waals surface area contributed by atoms with E-state index in [4.69, 9.17) is 6.85 Å². The van der Waals surface area contributed by atoms with Crippen molar-refractivity contribution in [2.24, 2.45) is 5.92 Å². The molecule has 0 aliphatic heterocycles. The van der Waals surface area contributed by atoms with Crippen molar-refractivity contribution >= 4 is 0 Å². The van der Waals surface area contributed by atoms with Crippen LogP contribution in [0.5, 0.6) is 0 Å². The molecule has 0 bridgehead atoms. The Balaban J connectivity index is 3.32. The topological polar surface area (TPSA) is 0 Å². The highest BCUT2D eigenvalue weighted by Gasteiger charge is 2.11. The second-order valence-electron chi connectivity index (χ2n) is 2.71. The van der Waals surface area contributed by atoms with Gasteiger partial charge in [0.1, 0.15) is 0 Å². The van der Waals surface area contributed by atoms with Gasteiger partial charge in [0, 0.05) is 5.48 Å². The Morgan fingerprint density at radius 3 is 3.30 bits per heavy atom. The van der Waals surface area contributed by atoms with Crippen LogP contribution in [0.3, 0.4) is 0 Å². The van der Waals surface area contributed by atoms with Crippen LogP contribution in [0.4, 0.5) is 0 Å². The smallest absolute Gasteiger partial charge is 0.0575 e. The molecule has 0 aromatic carbocycles. The van der Waals surface area contributed by atoms with Crippen LogP contribution in [0.1, 0.15) is 39.9 Å². The van der Waals surface area contributed by atoms with Crippen molar-refractivity contribution in [2.45, 2.75) is 33.0 Å².